The van der Waals surface area contributed by atoms with E-state index in [1.807, 2.05) is 18.2 Å². The molecular formula is C14H19N3. The molecule has 90 valence electrons. The number of H-pyrrole nitrogens is 1. The van der Waals surface area contributed by atoms with Gasteiger partial charge in [-0.25, -0.2) is 4.98 Å². The maximum absolute atomic E-state index is 4.52. The molecular weight excluding hydrogens is 210 g/mol. The Hall–Kier alpha value is -1.64. The van der Waals surface area contributed by atoms with E-state index in [1.165, 1.54) is 5.56 Å². The summed E-state index contributed by atoms with van der Waals surface area (Å²) < 4.78 is 0. The zero-order valence-corrected chi connectivity index (χ0v) is 10.7. The predicted octanol–water partition coefficient (Wildman–Crippen LogP) is 2.98. The van der Waals surface area contributed by atoms with Gasteiger partial charge in [0.05, 0.1) is 0 Å². The molecule has 3 heteroatoms. The first-order valence-corrected chi connectivity index (χ1v) is 5.97. The fourth-order valence-electron chi connectivity index (χ4n) is 1.76. The van der Waals surface area contributed by atoms with Crippen LogP contribution in [0.3, 0.4) is 0 Å². The summed E-state index contributed by atoms with van der Waals surface area (Å²) in [6, 6.07) is 10.3. The molecule has 2 aromatic rings. The quantitative estimate of drug-likeness (QED) is 0.879. The Morgan fingerprint density at radius 1 is 1.12 bits per heavy atom. The van der Waals surface area contributed by atoms with E-state index in [0.717, 1.165) is 24.5 Å². The number of hydrogen-bond donors (Lipinski definition) is 1. The largest absolute Gasteiger partial charge is 0.263 e. The number of aromatic amines is 1. The minimum absolute atomic E-state index is 0.228. The van der Waals surface area contributed by atoms with E-state index < -0.39 is 0 Å². The Morgan fingerprint density at radius 2 is 1.82 bits per heavy atom. The van der Waals surface area contributed by atoms with Crippen LogP contribution in [0, 0.1) is 5.41 Å². The molecule has 0 fully saturated rings. The lowest BCUT2D eigenvalue weighted by molar-refractivity contribution is 0.401. The maximum atomic E-state index is 4.52. The highest BCUT2D eigenvalue weighted by Crippen LogP contribution is 2.18. The molecule has 0 saturated heterocycles. The van der Waals surface area contributed by atoms with Gasteiger partial charge in [-0.2, -0.15) is 5.10 Å². The Balaban J connectivity index is 2.04. The van der Waals surface area contributed by atoms with Crippen LogP contribution in [0.4, 0.5) is 0 Å². The fraction of sp³-hybridized carbons (Fsp3) is 0.429. The van der Waals surface area contributed by atoms with Crippen molar-refractivity contribution in [2.75, 3.05) is 0 Å². The van der Waals surface area contributed by atoms with Gasteiger partial charge in [0.2, 0.25) is 0 Å². The molecule has 0 aliphatic carbocycles. The summed E-state index contributed by atoms with van der Waals surface area (Å²) in [5.41, 5.74) is 1.48. The van der Waals surface area contributed by atoms with Crippen molar-refractivity contribution in [2.24, 2.45) is 5.41 Å². The number of aromatic nitrogens is 3. The van der Waals surface area contributed by atoms with Gasteiger partial charge in [0.1, 0.15) is 5.82 Å². The minimum Gasteiger partial charge on any atom is -0.263 e. The van der Waals surface area contributed by atoms with Crippen molar-refractivity contribution >= 4 is 0 Å². The molecule has 0 spiro atoms. The van der Waals surface area contributed by atoms with Gasteiger partial charge in [-0.15, -0.1) is 0 Å². The van der Waals surface area contributed by atoms with Crippen LogP contribution in [0.25, 0.3) is 0 Å². The molecule has 0 amide bonds. The second kappa shape index (κ2) is 4.70. The van der Waals surface area contributed by atoms with E-state index in [1.54, 1.807) is 0 Å². The van der Waals surface area contributed by atoms with Gasteiger partial charge in [0.15, 0.2) is 5.82 Å². The van der Waals surface area contributed by atoms with Crippen LogP contribution >= 0.6 is 0 Å². The summed E-state index contributed by atoms with van der Waals surface area (Å²) in [4.78, 5) is 4.52. The van der Waals surface area contributed by atoms with Crippen molar-refractivity contribution < 1.29 is 0 Å². The minimum atomic E-state index is 0.228. The molecule has 0 radical (unpaired) electrons. The van der Waals surface area contributed by atoms with Crippen molar-refractivity contribution in [1.29, 1.82) is 0 Å². The zero-order chi connectivity index (χ0) is 12.3. The first kappa shape index (κ1) is 11.8. The lowest BCUT2D eigenvalue weighted by Gasteiger charge is -2.14. The Morgan fingerprint density at radius 3 is 2.47 bits per heavy atom. The molecule has 1 aromatic heterocycles. The van der Waals surface area contributed by atoms with Crippen LogP contribution in [0.2, 0.25) is 0 Å². The van der Waals surface area contributed by atoms with Crippen LogP contribution in [0.1, 0.15) is 38.0 Å². The number of rotatable bonds is 3. The molecule has 0 aliphatic rings. The summed E-state index contributed by atoms with van der Waals surface area (Å²) in [6.45, 7) is 6.58. The van der Waals surface area contributed by atoms with Crippen molar-refractivity contribution in [2.45, 2.75) is 33.6 Å². The Labute approximate surface area is 102 Å². The van der Waals surface area contributed by atoms with Crippen LogP contribution in [-0.4, -0.2) is 15.2 Å². The third-order valence-electron chi connectivity index (χ3n) is 2.48. The molecule has 0 saturated carbocycles. The lowest BCUT2D eigenvalue weighted by atomic mass is 9.92. The average molecular weight is 229 g/mol. The normalized spacial score (nSPS) is 11.7. The lowest BCUT2D eigenvalue weighted by Crippen LogP contribution is -2.10. The van der Waals surface area contributed by atoms with E-state index >= 15 is 0 Å². The molecule has 3 nitrogen and oxygen atoms in total. The topological polar surface area (TPSA) is 41.6 Å². The highest BCUT2D eigenvalue weighted by Gasteiger charge is 2.14. The van der Waals surface area contributed by atoms with E-state index in [-0.39, 0.29) is 5.41 Å². The molecule has 1 N–H and O–H groups in total. The number of benzene rings is 1. The number of hydrogen-bond acceptors (Lipinski definition) is 2. The van der Waals surface area contributed by atoms with Gasteiger partial charge in [-0.05, 0) is 11.0 Å². The van der Waals surface area contributed by atoms with Gasteiger partial charge < -0.3 is 0 Å². The summed E-state index contributed by atoms with van der Waals surface area (Å²) in [6.07, 6.45) is 1.72. The molecule has 0 atom stereocenters. The second-order valence-corrected chi connectivity index (χ2v) is 5.60. The SMILES string of the molecule is CC(C)(C)Cc1n[nH]c(Cc2ccccc2)n1. The van der Waals surface area contributed by atoms with Crippen molar-refractivity contribution in [3.8, 4) is 0 Å². The zero-order valence-electron chi connectivity index (χ0n) is 10.7. The summed E-state index contributed by atoms with van der Waals surface area (Å²) >= 11 is 0. The van der Waals surface area contributed by atoms with Crippen LogP contribution in [0.15, 0.2) is 30.3 Å². The molecule has 0 aliphatic heterocycles. The molecule has 17 heavy (non-hydrogen) atoms. The predicted molar refractivity (Wildman–Crippen MR) is 68.8 cm³/mol. The van der Waals surface area contributed by atoms with Crippen LogP contribution in [-0.2, 0) is 12.8 Å². The van der Waals surface area contributed by atoms with Gasteiger partial charge in [-0.1, -0.05) is 51.1 Å². The molecule has 1 heterocycles. The van der Waals surface area contributed by atoms with E-state index in [0.29, 0.717) is 0 Å². The first-order valence-electron chi connectivity index (χ1n) is 5.97. The van der Waals surface area contributed by atoms with Crippen LogP contribution in [0.5, 0.6) is 0 Å². The van der Waals surface area contributed by atoms with Crippen molar-refractivity contribution in [3.63, 3.8) is 0 Å². The summed E-state index contributed by atoms with van der Waals surface area (Å²) in [5, 5.41) is 7.28. The number of nitrogens with zero attached hydrogens (tertiary/aromatic N) is 2. The third-order valence-corrected chi connectivity index (χ3v) is 2.48. The third kappa shape index (κ3) is 3.70. The Bertz CT molecular complexity index is 466. The highest BCUT2D eigenvalue weighted by molar-refractivity contribution is 5.18. The monoisotopic (exact) mass is 229 g/mol. The van der Waals surface area contributed by atoms with Gasteiger partial charge in [-0.3, -0.25) is 5.10 Å². The molecule has 2 rings (SSSR count). The van der Waals surface area contributed by atoms with E-state index in [2.05, 4.69) is 48.1 Å². The molecule has 0 unspecified atom stereocenters. The Kier molecular flexibility index (Phi) is 3.27. The van der Waals surface area contributed by atoms with Gasteiger partial charge in [0.25, 0.3) is 0 Å². The van der Waals surface area contributed by atoms with Gasteiger partial charge >= 0.3 is 0 Å². The highest BCUT2D eigenvalue weighted by atomic mass is 15.2. The van der Waals surface area contributed by atoms with Gasteiger partial charge in [0, 0.05) is 12.8 Å². The van der Waals surface area contributed by atoms with Crippen molar-refractivity contribution in [1.82, 2.24) is 15.2 Å². The second-order valence-electron chi connectivity index (χ2n) is 5.60. The maximum Gasteiger partial charge on any atom is 0.151 e. The fourth-order valence-corrected chi connectivity index (χ4v) is 1.76. The number of nitrogens with one attached hydrogen (secondary N) is 1. The molecule has 0 bridgehead atoms. The summed E-state index contributed by atoms with van der Waals surface area (Å²) in [7, 11) is 0. The smallest absolute Gasteiger partial charge is 0.151 e. The molecule has 1 aromatic carbocycles. The average Bonchev–Trinajstić information content (AvgIpc) is 2.64. The van der Waals surface area contributed by atoms with Crippen LogP contribution < -0.4 is 0 Å². The standard InChI is InChI=1S/C14H19N3/c1-14(2,3)10-13-15-12(16-17-13)9-11-7-5-4-6-8-11/h4-8H,9-10H2,1-3H3,(H,15,16,17). The first-order chi connectivity index (χ1) is 8.03. The van der Waals surface area contributed by atoms with E-state index in [9.17, 15) is 0 Å². The van der Waals surface area contributed by atoms with Crippen molar-refractivity contribution in [3.05, 3.63) is 47.5 Å². The summed E-state index contributed by atoms with van der Waals surface area (Å²) in [5.74, 6) is 1.85. The van der Waals surface area contributed by atoms with E-state index in [4.69, 9.17) is 0 Å².